The van der Waals surface area contributed by atoms with E-state index in [1.54, 1.807) is 4.90 Å². The van der Waals surface area contributed by atoms with Gasteiger partial charge in [-0.1, -0.05) is 6.07 Å². The van der Waals surface area contributed by atoms with E-state index < -0.39 is 9.84 Å². The number of anilines is 1. The largest absolute Gasteiger partial charge is 0.385 e. The Kier molecular flexibility index (Phi) is 3.65. The first-order chi connectivity index (χ1) is 9.98. The van der Waals surface area contributed by atoms with Crippen molar-refractivity contribution in [3.63, 3.8) is 0 Å². The van der Waals surface area contributed by atoms with Crippen molar-refractivity contribution in [2.24, 2.45) is 0 Å². The molecule has 0 radical (unpaired) electrons. The second kappa shape index (κ2) is 5.33. The number of hydrogen-bond acceptors (Lipinski definition) is 4. The molecule has 0 aromatic heterocycles. The summed E-state index contributed by atoms with van der Waals surface area (Å²) in [6, 6.07) is 5.47. The van der Waals surface area contributed by atoms with Crippen LogP contribution in [-0.4, -0.2) is 49.9 Å². The quantitative estimate of drug-likeness (QED) is 0.849. The third-order valence-corrected chi connectivity index (χ3v) is 6.05. The number of benzene rings is 1. The zero-order valence-corrected chi connectivity index (χ0v) is 12.9. The Balaban J connectivity index is 1.89. The smallest absolute Gasteiger partial charge is 0.254 e. The number of amides is 1. The predicted octanol–water partition coefficient (Wildman–Crippen LogP) is 1.30. The van der Waals surface area contributed by atoms with E-state index in [0.717, 1.165) is 30.6 Å². The first kappa shape index (κ1) is 14.4. The summed E-state index contributed by atoms with van der Waals surface area (Å²) in [7, 11) is -3.00. The molecule has 2 aliphatic rings. The van der Waals surface area contributed by atoms with E-state index in [9.17, 15) is 13.2 Å². The van der Waals surface area contributed by atoms with Crippen molar-refractivity contribution >= 4 is 21.4 Å². The summed E-state index contributed by atoms with van der Waals surface area (Å²) in [5.74, 6) is 0.0838. The molecular formula is C15H20N2O3S. The highest BCUT2D eigenvalue weighted by Crippen LogP contribution is 2.27. The number of nitrogens with zero attached hydrogens (tertiary/aromatic N) is 1. The van der Waals surface area contributed by atoms with E-state index in [1.165, 1.54) is 0 Å². The van der Waals surface area contributed by atoms with Gasteiger partial charge < -0.3 is 10.2 Å². The van der Waals surface area contributed by atoms with Gasteiger partial charge in [0.05, 0.1) is 11.5 Å². The van der Waals surface area contributed by atoms with Gasteiger partial charge in [0.15, 0.2) is 9.84 Å². The number of nitrogens with one attached hydrogen (secondary N) is 1. The molecule has 2 heterocycles. The molecule has 3 rings (SSSR count). The summed E-state index contributed by atoms with van der Waals surface area (Å²) >= 11 is 0. The molecule has 1 saturated heterocycles. The Morgan fingerprint density at radius 1 is 1.38 bits per heavy atom. The van der Waals surface area contributed by atoms with Crippen LogP contribution in [0.3, 0.4) is 0 Å². The number of sulfone groups is 1. The summed E-state index contributed by atoms with van der Waals surface area (Å²) in [5, 5.41) is 3.32. The monoisotopic (exact) mass is 308 g/mol. The van der Waals surface area contributed by atoms with Crippen molar-refractivity contribution in [1.82, 2.24) is 4.90 Å². The maximum atomic E-state index is 12.8. The number of hydrogen-bond donors (Lipinski definition) is 1. The second-order valence-electron chi connectivity index (χ2n) is 5.82. The highest BCUT2D eigenvalue weighted by molar-refractivity contribution is 7.91. The molecule has 1 aromatic carbocycles. The van der Waals surface area contributed by atoms with Crippen molar-refractivity contribution in [3.8, 4) is 0 Å². The van der Waals surface area contributed by atoms with Crippen LogP contribution >= 0.6 is 0 Å². The van der Waals surface area contributed by atoms with Crippen LogP contribution in [0.25, 0.3) is 0 Å². The molecule has 0 bridgehead atoms. The molecule has 1 fully saturated rings. The molecule has 6 heteroatoms. The van der Waals surface area contributed by atoms with Gasteiger partial charge in [0.2, 0.25) is 0 Å². The molecule has 2 aliphatic heterocycles. The third-order valence-electron chi connectivity index (χ3n) is 4.26. The minimum Gasteiger partial charge on any atom is -0.385 e. The van der Waals surface area contributed by atoms with Crippen LogP contribution < -0.4 is 5.32 Å². The molecule has 0 aliphatic carbocycles. The molecule has 1 aromatic rings. The molecule has 1 amide bonds. The maximum Gasteiger partial charge on any atom is 0.254 e. The highest BCUT2D eigenvalue weighted by atomic mass is 32.2. The van der Waals surface area contributed by atoms with Crippen LogP contribution in [-0.2, 0) is 16.3 Å². The third kappa shape index (κ3) is 2.77. The van der Waals surface area contributed by atoms with E-state index in [4.69, 9.17) is 0 Å². The van der Waals surface area contributed by atoms with Gasteiger partial charge in [-0.05, 0) is 37.5 Å². The standard InChI is InChI=1S/C15H20N2O3S/c1-11-10-21(19,20)9-8-17(11)15(18)13-4-2-6-14-12(13)5-3-7-16-14/h2,4,6,11,16H,3,5,7-10H2,1H3. The highest BCUT2D eigenvalue weighted by Gasteiger charge is 2.32. The second-order valence-corrected chi connectivity index (χ2v) is 8.05. The topological polar surface area (TPSA) is 66.5 Å². The normalized spacial score (nSPS) is 24.0. The molecule has 0 saturated carbocycles. The fraction of sp³-hybridized carbons (Fsp3) is 0.533. The fourth-order valence-electron chi connectivity index (χ4n) is 3.17. The lowest BCUT2D eigenvalue weighted by molar-refractivity contribution is 0.0711. The van der Waals surface area contributed by atoms with Crippen LogP contribution in [0.2, 0.25) is 0 Å². The maximum absolute atomic E-state index is 12.8. The number of fused-ring (bicyclic) bond motifs is 1. The molecule has 5 nitrogen and oxygen atoms in total. The van der Waals surface area contributed by atoms with E-state index in [2.05, 4.69) is 5.32 Å². The van der Waals surface area contributed by atoms with Crippen molar-refractivity contribution in [1.29, 1.82) is 0 Å². The minimum atomic E-state index is -3.00. The Morgan fingerprint density at radius 3 is 2.95 bits per heavy atom. The molecule has 1 N–H and O–H groups in total. The summed E-state index contributed by atoms with van der Waals surface area (Å²) < 4.78 is 23.3. The average Bonchev–Trinajstić information content (AvgIpc) is 2.45. The summed E-state index contributed by atoms with van der Waals surface area (Å²) in [6.45, 7) is 3.03. The summed E-state index contributed by atoms with van der Waals surface area (Å²) in [4.78, 5) is 14.5. The van der Waals surface area contributed by atoms with Crippen molar-refractivity contribution in [3.05, 3.63) is 29.3 Å². The van der Waals surface area contributed by atoms with Gasteiger partial charge in [-0.25, -0.2) is 8.42 Å². The van der Waals surface area contributed by atoms with Gasteiger partial charge >= 0.3 is 0 Å². The SMILES string of the molecule is CC1CS(=O)(=O)CCN1C(=O)c1cccc2c1CCCN2. The van der Waals surface area contributed by atoms with Crippen LogP contribution in [0.15, 0.2) is 18.2 Å². The minimum absolute atomic E-state index is 0.0436. The predicted molar refractivity (Wildman–Crippen MR) is 82.4 cm³/mol. The first-order valence-electron chi connectivity index (χ1n) is 7.35. The van der Waals surface area contributed by atoms with Gasteiger partial charge in [0.25, 0.3) is 5.91 Å². The van der Waals surface area contributed by atoms with E-state index >= 15 is 0 Å². The van der Waals surface area contributed by atoms with Gasteiger partial charge in [-0.3, -0.25) is 4.79 Å². The van der Waals surface area contributed by atoms with Crippen molar-refractivity contribution in [2.45, 2.75) is 25.8 Å². The average molecular weight is 308 g/mol. The van der Waals surface area contributed by atoms with Gasteiger partial charge in [0, 0.05) is 30.4 Å². The molecule has 114 valence electrons. The Morgan fingerprint density at radius 2 is 2.19 bits per heavy atom. The lowest BCUT2D eigenvalue weighted by Gasteiger charge is -2.34. The molecule has 1 atom stereocenters. The van der Waals surface area contributed by atoms with Crippen LogP contribution in [0.4, 0.5) is 5.69 Å². The van der Waals surface area contributed by atoms with E-state index in [-0.39, 0.29) is 23.5 Å². The Labute approximate surface area is 125 Å². The van der Waals surface area contributed by atoms with Crippen LogP contribution in [0.1, 0.15) is 29.3 Å². The molecular weight excluding hydrogens is 288 g/mol. The number of carbonyl (C=O) groups is 1. The fourth-order valence-corrected chi connectivity index (χ4v) is 4.72. The summed E-state index contributed by atoms with van der Waals surface area (Å²) in [5.41, 5.74) is 2.81. The number of rotatable bonds is 1. The van der Waals surface area contributed by atoms with E-state index in [0.29, 0.717) is 12.1 Å². The van der Waals surface area contributed by atoms with Gasteiger partial charge in [0.1, 0.15) is 0 Å². The first-order valence-corrected chi connectivity index (χ1v) is 9.17. The number of carbonyl (C=O) groups excluding carboxylic acids is 1. The van der Waals surface area contributed by atoms with Gasteiger partial charge in [-0.2, -0.15) is 0 Å². The van der Waals surface area contributed by atoms with Crippen LogP contribution in [0.5, 0.6) is 0 Å². The summed E-state index contributed by atoms with van der Waals surface area (Å²) in [6.07, 6.45) is 1.91. The Bertz CT molecular complexity index is 669. The Hall–Kier alpha value is -1.56. The molecule has 1 unspecified atom stereocenters. The lowest BCUT2D eigenvalue weighted by Crippen LogP contribution is -2.50. The van der Waals surface area contributed by atoms with E-state index in [1.807, 2.05) is 25.1 Å². The van der Waals surface area contributed by atoms with Crippen molar-refractivity contribution < 1.29 is 13.2 Å². The van der Waals surface area contributed by atoms with Gasteiger partial charge in [-0.15, -0.1) is 0 Å². The van der Waals surface area contributed by atoms with Crippen molar-refractivity contribution in [2.75, 3.05) is 29.9 Å². The molecule has 21 heavy (non-hydrogen) atoms. The van der Waals surface area contributed by atoms with Crippen LogP contribution in [0, 0.1) is 0 Å². The lowest BCUT2D eigenvalue weighted by atomic mass is 9.96. The zero-order valence-electron chi connectivity index (χ0n) is 12.1. The zero-order chi connectivity index (χ0) is 15.0. The molecule has 0 spiro atoms.